The van der Waals surface area contributed by atoms with Gasteiger partial charge in [0.1, 0.15) is 17.2 Å². The van der Waals surface area contributed by atoms with Gasteiger partial charge in [-0.1, -0.05) is 24.3 Å². The highest BCUT2D eigenvalue weighted by Crippen LogP contribution is 2.60. The maximum absolute atomic E-state index is 11.2. The molecule has 2 aromatic rings. The van der Waals surface area contributed by atoms with Crippen LogP contribution in [0, 0.1) is 0 Å². The van der Waals surface area contributed by atoms with Crippen LogP contribution in [0.1, 0.15) is 0 Å². The minimum atomic E-state index is -4.89. The first-order chi connectivity index (χ1) is 12.7. The molecule has 0 saturated heterocycles. The lowest BCUT2D eigenvalue weighted by Crippen LogP contribution is -2.13. The molecule has 0 spiro atoms. The van der Waals surface area contributed by atoms with E-state index in [9.17, 15) is 9.13 Å². The zero-order valence-electron chi connectivity index (χ0n) is 14.1. The van der Waals surface area contributed by atoms with Crippen molar-refractivity contribution in [3.63, 3.8) is 0 Å². The molecule has 0 amide bonds. The summed E-state index contributed by atoms with van der Waals surface area (Å²) in [7, 11) is -9.77. The lowest BCUT2D eigenvalue weighted by Gasteiger charge is -2.19. The second-order valence-electron chi connectivity index (χ2n) is 5.47. The van der Waals surface area contributed by atoms with Gasteiger partial charge in [0.2, 0.25) is 0 Å². The van der Waals surface area contributed by atoms with E-state index in [-0.39, 0.29) is 12.4 Å². The van der Waals surface area contributed by atoms with Gasteiger partial charge in [0.25, 0.3) is 0 Å². The first-order valence-corrected chi connectivity index (χ1v) is 12.3. The lowest BCUT2D eigenvalue weighted by molar-refractivity contribution is 0.339. The van der Waals surface area contributed by atoms with Crippen LogP contribution in [0.5, 0.6) is 17.2 Å². The van der Waals surface area contributed by atoms with Crippen molar-refractivity contribution in [1.29, 1.82) is 0 Å². The van der Waals surface area contributed by atoms with E-state index in [2.05, 4.69) is 0 Å². The largest absolute Gasteiger partial charge is 0.493 e. The summed E-state index contributed by atoms with van der Waals surface area (Å²) in [6, 6.07) is 16.2. The molecule has 0 unspecified atom stereocenters. The Balaban J connectivity index is 1.81. The van der Waals surface area contributed by atoms with Gasteiger partial charge >= 0.3 is 15.2 Å². The number of rotatable bonds is 10. The van der Waals surface area contributed by atoms with Crippen molar-refractivity contribution in [2.75, 3.05) is 18.1 Å². The minimum Gasteiger partial charge on any atom is -0.493 e. The van der Waals surface area contributed by atoms with E-state index in [1.165, 1.54) is 0 Å². The van der Waals surface area contributed by atoms with Gasteiger partial charge in [-0.05, 0) is 24.3 Å². The summed E-state index contributed by atoms with van der Waals surface area (Å²) in [6.45, 7) is 0.203. The molecule has 0 aliphatic rings. The van der Waals surface area contributed by atoms with Gasteiger partial charge in [0.05, 0.1) is 6.61 Å². The summed E-state index contributed by atoms with van der Waals surface area (Å²) in [5.41, 5.74) is 0. The predicted octanol–water partition coefficient (Wildman–Crippen LogP) is 3.27. The van der Waals surface area contributed by atoms with Crippen molar-refractivity contribution in [3.8, 4) is 17.2 Å². The number of hydrogen-bond donors (Lipinski definition) is 4. The highest BCUT2D eigenvalue weighted by atomic mass is 32.2. The summed E-state index contributed by atoms with van der Waals surface area (Å²) >= 11 is 1.00. The lowest BCUT2D eigenvalue weighted by atomic mass is 10.3. The number of para-hydroxylation sites is 1. The summed E-state index contributed by atoms with van der Waals surface area (Å²) in [5, 5.41) is -2.00. The van der Waals surface area contributed by atoms with Crippen LogP contribution in [0.25, 0.3) is 0 Å². The molecule has 2 rings (SSSR count). The Morgan fingerprint density at radius 3 is 2.07 bits per heavy atom. The zero-order valence-corrected chi connectivity index (χ0v) is 16.7. The Hall–Kier alpha value is -1.31. The summed E-state index contributed by atoms with van der Waals surface area (Å²) in [6.07, 6.45) is 0. The maximum Gasteiger partial charge on any atom is 0.341 e. The third kappa shape index (κ3) is 7.68. The molecule has 27 heavy (non-hydrogen) atoms. The van der Waals surface area contributed by atoms with Crippen LogP contribution in [0.2, 0.25) is 0 Å². The Morgan fingerprint density at radius 2 is 1.44 bits per heavy atom. The Kier molecular flexibility index (Phi) is 7.94. The van der Waals surface area contributed by atoms with E-state index in [4.69, 9.17) is 29.0 Å². The van der Waals surface area contributed by atoms with Crippen molar-refractivity contribution in [2.24, 2.45) is 0 Å². The minimum absolute atomic E-state index is 0.203. The van der Waals surface area contributed by atoms with Crippen LogP contribution in [0.15, 0.2) is 54.6 Å². The second-order valence-corrected chi connectivity index (χ2v) is 10.6. The number of hydrogen-bond acceptors (Lipinski definition) is 5. The molecule has 0 aliphatic carbocycles. The number of ether oxygens (including phenoxy) is 2. The van der Waals surface area contributed by atoms with E-state index in [0.717, 1.165) is 11.8 Å². The topological polar surface area (TPSA) is 134 Å². The third-order valence-electron chi connectivity index (χ3n) is 3.32. The van der Waals surface area contributed by atoms with Crippen LogP contribution in [0.3, 0.4) is 0 Å². The molecule has 0 fully saturated rings. The van der Waals surface area contributed by atoms with Gasteiger partial charge in [-0.15, -0.1) is 0 Å². The van der Waals surface area contributed by atoms with Crippen LogP contribution < -0.4 is 9.47 Å². The van der Waals surface area contributed by atoms with Crippen LogP contribution >= 0.6 is 27.0 Å². The quantitative estimate of drug-likeness (QED) is 0.328. The number of thioether (sulfide) groups is 1. The first-order valence-electron chi connectivity index (χ1n) is 7.80. The van der Waals surface area contributed by atoms with Crippen LogP contribution in [-0.2, 0) is 9.13 Å². The molecule has 8 nitrogen and oxygen atoms in total. The molecule has 0 aromatic heterocycles. The smallest absolute Gasteiger partial charge is 0.341 e. The standard InChI is InChI=1S/C16H20O8P2S/c17-25(18,19)16(26(20,21)22)12-27-10-9-23-14-7-4-8-15(11-14)24-13-5-2-1-3-6-13/h1-8,11,16H,9-10,12H2,(H2,17,18,19)(H2,20,21,22). The number of benzene rings is 2. The average Bonchev–Trinajstić information content (AvgIpc) is 2.57. The van der Waals surface area contributed by atoms with E-state index < -0.39 is 20.6 Å². The molecule has 0 heterocycles. The molecule has 0 aliphatic heterocycles. The van der Waals surface area contributed by atoms with Crippen LogP contribution in [0.4, 0.5) is 0 Å². The molecular weight excluding hydrogens is 414 g/mol. The van der Waals surface area contributed by atoms with Crippen molar-refractivity contribution in [2.45, 2.75) is 5.40 Å². The Bertz CT molecular complexity index is 798. The van der Waals surface area contributed by atoms with E-state index >= 15 is 0 Å². The molecule has 148 valence electrons. The Morgan fingerprint density at radius 1 is 0.852 bits per heavy atom. The van der Waals surface area contributed by atoms with Gasteiger partial charge in [0.15, 0.2) is 5.40 Å². The molecule has 0 radical (unpaired) electrons. The van der Waals surface area contributed by atoms with Gasteiger partial charge in [0, 0.05) is 17.6 Å². The van der Waals surface area contributed by atoms with Gasteiger partial charge < -0.3 is 29.0 Å². The monoisotopic (exact) mass is 434 g/mol. The molecule has 4 N–H and O–H groups in total. The highest BCUT2D eigenvalue weighted by molar-refractivity contribution is 8.00. The first kappa shape index (κ1) is 22.0. The molecule has 0 bridgehead atoms. The second kappa shape index (κ2) is 9.75. The SMILES string of the molecule is O=P(O)(O)C(CSCCOc1cccc(Oc2ccccc2)c1)P(=O)(O)O. The Labute approximate surface area is 160 Å². The van der Waals surface area contributed by atoms with Gasteiger partial charge in [-0.25, -0.2) is 0 Å². The van der Waals surface area contributed by atoms with Crippen molar-refractivity contribution in [3.05, 3.63) is 54.6 Å². The van der Waals surface area contributed by atoms with Crippen molar-refractivity contribution < 1.29 is 38.2 Å². The van der Waals surface area contributed by atoms with Gasteiger partial charge in [-0.2, -0.15) is 11.8 Å². The normalized spacial score (nSPS) is 12.2. The fraction of sp³-hybridized carbons (Fsp3) is 0.250. The van der Waals surface area contributed by atoms with Gasteiger partial charge in [-0.3, -0.25) is 9.13 Å². The molecule has 11 heteroatoms. The molecule has 0 atom stereocenters. The summed E-state index contributed by atoms with van der Waals surface area (Å²) < 4.78 is 33.6. The van der Waals surface area contributed by atoms with E-state index in [1.54, 1.807) is 24.3 Å². The fourth-order valence-electron chi connectivity index (χ4n) is 2.05. The van der Waals surface area contributed by atoms with Crippen molar-refractivity contribution >= 4 is 27.0 Å². The zero-order chi connectivity index (χ0) is 19.9. The third-order valence-corrected chi connectivity index (χ3v) is 8.57. The summed E-state index contributed by atoms with van der Waals surface area (Å²) in [4.78, 5) is 36.2. The fourth-order valence-corrected chi connectivity index (χ4v) is 6.38. The molecule has 0 saturated carbocycles. The van der Waals surface area contributed by atoms with Crippen molar-refractivity contribution in [1.82, 2.24) is 0 Å². The van der Waals surface area contributed by atoms with Crippen LogP contribution in [-0.4, -0.2) is 43.1 Å². The van der Waals surface area contributed by atoms with E-state index in [1.807, 2.05) is 30.3 Å². The predicted molar refractivity (Wildman–Crippen MR) is 104 cm³/mol. The molecule has 2 aromatic carbocycles. The summed E-state index contributed by atoms with van der Waals surface area (Å²) in [5.74, 6) is 1.76. The highest BCUT2D eigenvalue weighted by Gasteiger charge is 2.42. The molecular formula is C16H20O8P2S. The van der Waals surface area contributed by atoms with E-state index in [0.29, 0.717) is 23.0 Å². The average molecular weight is 434 g/mol. The maximum atomic E-state index is 11.2.